The molecule has 2 unspecified atom stereocenters. The van der Waals surface area contributed by atoms with Gasteiger partial charge < -0.3 is 19.9 Å². The molecule has 2 N–H and O–H groups in total. The SMILES string of the molecule is CN(CC1CCCC1O)C(=O)Nc1cccc(-c2nccn2C)c1. The topological polar surface area (TPSA) is 70.4 Å². The number of nitrogens with one attached hydrogen (secondary N) is 1. The average Bonchev–Trinajstić information content (AvgIpc) is 3.16. The van der Waals surface area contributed by atoms with Gasteiger partial charge in [0.15, 0.2) is 0 Å². The second-order valence-corrected chi connectivity index (χ2v) is 6.51. The van der Waals surface area contributed by atoms with Crippen LogP contribution in [0.25, 0.3) is 11.4 Å². The number of urea groups is 1. The fraction of sp³-hybridized carbons (Fsp3) is 0.444. The number of aliphatic hydroxyl groups is 1. The highest BCUT2D eigenvalue weighted by molar-refractivity contribution is 5.89. The van der Waals surface area contributed by atoms with Crippen LogP contribution < -0.4 is 5.32 Å². The van der Waals surface area contributed by atoms with Crippen molar-refractivity contribution in [3.05, 3.63) is 36.7 Å². The number of nitrogens with zero attached hydrogens (tertiary/aromatic N) is 3. The highest BCUT2D eigenvalue weighted by Gasteiger charge is 2.27. The number of anilines is 1. The molecular formula is C18H24N4O2. The molecule has 3 rings (SSSR count). The zero-order valence-electron chi connectivity index (χ0n) is 14.1. The summed E-state index contributed by atoms with van der Waals surface area (Å²) in [5.74, 6) is 1.04. The molecule has 2 atom stereocenters. The minimum Gasteiger partial charge on any atom is -0.393 e. The summed E-state index contributed by atoms with van der Waals surface area (Å²) in [5.41, 5.74) is 1.69. The van der Waals surface area contributed by atoms with E-state index in [1.807, 2.05) is 42.1 Å². The molecule has 6 heteroatoms. The Balaban J connectivity index is 1.65. The number of imidazole rings is 1. The summed E-state index contributed by atoms with van der Waals surface area (Å²) in [4.78, 5) is 18.4. The van der Waals surface area contributed by atoms with Gasteiger partial charge in [0.2, 0.25) is 0 Å². The summed E-state index contributed by atoms with van der Waals surface area (Å²) >= 11 is 0. The summed E-state index contributed by atoms with van der Waals surface area (Å²) in [5, 5.41) is 12.8. The van der Waals surface area contributed by atoms with Gasteiger partial charge in [-0.3, -0.25) is 0 Å². The Hall–Kier alpha value is -2.34. The number of hydrogen-bond donors (Lipinski definition) is 2. The van der Waals surface area contributed by atoms with Crippen LogP contribution in [0.2, 0.25) is 0 Å². The van der Waals surface area contributed by atoms with Crippen molar-refractivity contribution in [2.75, 3.05) is 18.9 Å². The minimum atomic E-state index is -0.285. The van der Waals surface area contributed by atoms with Crippen LogP contribution >= 0.6 is 0 Å². The van der Waals surface area contributed by atoms with Gasteiger partial charge in [0, 0.05) is 50.2 Å². The first-order valence-electron chi connectivity index (χ1n) is 8.32. The summed E-state index contributed by atoms with van der Waals surface area (Å²) in [6.07, 6.45) is 6.21. The Kier molecular flexibility index (Phi) is 4.85. The molecule has 1 fully saturated rings. The van der Waals surface area contributed by atoms with Gasteiger partial charge in [0.05, 0.1) is 6.10 Å². The Morgan fingerprint density at radius 2 is 2.29 bits per heavy atom. The maximum atomic E-state index is 12.4. The smallest absolute Gasteiger partial charge is 0.321 e. The van der Waals surface area contributed by atoms with Gasteiger partial charge in [-0.05, 0) is 25.0 Å². The number of hydrogen-bond acceptors (Lipinski definition) is 3. The predicted octanol–water partition coefficient (Wildman–Crippen LogP) is 2.71. The van der Waals surface area contributed by atoms with Gasteiger partial charge in [0.25, 0.3) is 0 Å². The van der Waals surface area contributed by atoms with E-state index in [9.17, 15) is 9.90 Å². The largest absolute Gasteiger partial charge is 0.393 e. The zero-order chi connectivity index (χ0) is 17.1. The van der Waals surface area contributed by atoms with E-state index in [2.05, 4.69) is 10.3 Å². The van der Waals surface area contributed by atoms with Crippen molar-refractivity contribution in [1.82, 2.24) is 14.5 Å². The Labute approximate surface area is 142 Å². The number of aliphatic hydroxyl groups excluding tert-OH is 1. The van der Waals surface area contributed by atoms with E-state index in [1.165, 1.54) is 0 Å². The van der Waals surface area contributed by atoms with Gasteiger partial charge in [-0.15, -0.1) is 0 Å². The lowest BCUT2D eigenvalue weighted by atomic mass is 10.1. The monoisotopic (exact) mass is 328 g/mol. The Morgan fingerprint density at radius 3 is 2.96 bits per heavy atom. The van der Waals surface area contributed by atoms with E-state index >= 15 is 0 Å². The van der Waals surface area contributed by atoms with Gasteiger partial charge in [-0.2, -0.15) is 0 Å². The number of benzene rings is 1. The normalized spacial score (nSPS) is 20.1. The Morgan fingerprint density at radius 1 is 1.46 bits per heavy atom. The Bertz CT molecular complexity index is 713. The molecule has 1 aromatic heterocycles. The number of aromatic nitrogens is 2. The maximum Gasteiger partial charge on any atom is 0.321 e. The third-order valence-corrected chi connectivity index (χ3v) is 4.67. The molecule has 1 saturated carbocycles. The molecule has 1 heterocycles. The van der Waals surface area contributed by atoms with Crippen molar-refractivity contribution >= 4 is 11.7 Å². The molecule has 128 valence electrons. The zero-order valence-corrected chi connectivity index (χ0v) is 14.1. The average molecular weight is 328 g/mol. The molecule has 2 amide bonds. The van der Waals surface area contributed by atoms with Crippen LogP contribution in [-0.4, -0.2) is 45.3 Å². The predicted molar refractivity (Wildman–Crippen MR) is 93.6 cm³/mol. The van der Waals surface area contributed by atoms with Crippen LogP contribution in [0.15, 0.2) is 36.7 Å². The lowest BCUT2D eigenvalue weighted by Crippen LogP contribution is -2.37. The van der Waals surface area contributed by atoms with Crippen LogP contribution in [0.3, 0.4) is 0 Å². The third kappa shape index (κ3) is 3.59. The second-order valence-electron chi connectivity index (χ2n) is 6.51. The van der Waals surface area contributed by atoms with E-state index in [4.69, 9.17) is 0 Å². The molecule has 0 saturated heterocycles. The van der Waals surface area contributed by atoms with Crippen molar-refractivity contribution in [3.63, 3.8) is 0 Å². The molecule has 0 bridgehead atoms. The molecular weight excluding hydrogens is 304 g/mol. The van der Waals surface area contributed by atoms with Gasteiger partial charge in [-0.1, -0.05) is 18.6 Å². The van der Waals surface area contributed by atoms with Gasteiger partial charge in [-0.25, -0.2) is 9.78 Å². The van der Waals surface area contributed by atoms with Gasteiger partial charge in [0.1, 0.15) is 5.82 Å². The fourth-order valence-electron chi connectivity index (χ4n) is 3.26. The van der Waals surface area contributed by atoms with Crippen LogP contribution in [0.5, 0.6) is 0 Å². The minimum absolute atomic E-state index is 0.161. The van der Waals surface area contributed by atoms with E-state index in [1.54, 1.807) is 18.1 Å². The lowest BCUT2D eigenvalue weighted by Gasteiger charge is -2.23. The van der Waals surface area contributed by atoms with E-state index in [-0.39, 0.29) is 18.1 Å². The van der Waals surface area contributed by atoms with Crippen molar-refractivity contribution in [2.24, 2.45) is 13.0 Å². The molecule has 0 spiro atoms. The highest BCUT2D eigenvalue weighted by atomic mass is 16.3. The standard InChI is InChI=1S/C18H24N4O2/c1-21-10-9-19-17(21)13-5-3-7-15(11-13)20-18(24)22(2)12-14-6-4-8-16(14)23/h3,5,7,9-11,14,16,23H,4,6,8,12H2,1-2H3,(H,20,24). The molecule has 1 aliphatic rings. The van der Waals surface area contributed by atoms with Crippen molar-refractivity contribution < 1.29 is 9.90 Å². The molecule has 0 radical (unpaired) electrons. The number of aryl methyl sites for hydroxylation is 1. The quantitative estimate of drug-likeness (QED) is 0.906. The molecule has 0 aliphatic heterocycles. The number of carbonyl (C=O) groups is 1. The van der Waals surface area contributed by atoms with Crippen molar-refractivity contribution in [1.29, 1.82) is 0 Å². The number of carbonyl (C=O) groups excluding carboxylic acids is 1. The summed E-state index contributed by atoms with van der Waals surface area (Å²) < 4.78 is 1.94. The number of amides is 2. The third-order valence-electron chi connectivity index (χ3n) is 4.67. The molecule has 2 aromatic rings. The molecule has 24 heavy (non-hydrogen) atoms. The first-order chi connectivity index (χ1) is 11.5. The van der Waals surface area contributed by atoms with E-state index in [0.29, 0.717) is 6.54 Å². The summed E-state index contributed by atoms with van der Waals surface area (Å²) in [7, 11) is 3.71. The molecule has 1 aromatic carbocycles. The first-order valence-corrected chi connectivity index (χ1v) is 8.32. The van der Waals surface area contributed by atoms with Gasteiger partial charge >= 0.3 is 6.03 Å². The van der Waals surface area contributed by atoms with Crippen LogP contribution in [0.4, 0.5) is 10.5 Å². The first kappa shape index (κ1) is 16.5. The lowest BCUT2D eigenvalue weighted by molar-refractivity contribution is 0.116. The van der Waals surface area contributed by atoms with Crippen molar-refractivity contribution in [3.8, 4) is 11.4 Å². The molecule has 1 aliphatic carbocycles. The van der Waals surface area contributed by atoms with E-state index < -0.39 is 0 Å². The summed E-state index contributed by atoms with van der Waals surface area (Å²) in [6, 6.07) is 7.49. The highest BCUT2D eigenvalue weighted by Crippen LogP contribution is 2.26. The summed E-state index contributed by atoms with van der Waals surface area (Å²) in [6.45, 7) is 0.575. The fourth-order valence-corrected chi connectivity index (χ4v) is 3.26. The second kappa shape index (κ2) is 7.05. The van der Waals surface area contributed by atoms with Crippen molar-refractivity contribution in [2.45, 2.75) is 25.4 Å². The van der Waals surface area contributed by atoms with Crippen LogP contribution in [0, 0.1) is 5.92 Å². The molecule has 6 nitrogen and oxygen atoms in total. The van der Waals surface area contributed by atoms with E-state index in [0.717, 1.165) is 36.3 Å². The van der Waals surface area contributed by atoms with Crippen LogP contribution in [0.1, 0.15) is 19.3 Å². The maximum absolute atomic E-state index is 12.4. The van der Waals surface area contributed by atoms with Crippen LogP contribution in [-0.2, 0) is 7.05 Å². The number of rotatable bonds is 4.